The lowest BCUT2D eigenvalue weighted by Gasteiger charge is -2.26. The highest BCUT2D eigenvalue weighted by Crippen LogP contribution is 2.46. The van der Waals surface area contributed by atoms with Gasteiger partial charge in [-0.05, 0) is 42.3 Å². The molecule has 1 atom stereocenters. The lowest BCUT2D eigenvalue weighted by atomic mass is 9.78. The summed E-state index contributed by atoms with van der Waals surface area (Å²) in [5, 5.41) is 0.538. The third kappa shape index (κ3) is 4.16. The van der Waals surface area contributed by atoms with Gasteiger partial charge in [0, 0.05) is 12.5 Å². The van der Waals surface area contributed by atoms with E-state index in [0.717, 1.165) is 5.56 Å². The van der Waals surface area contributed by atoms with E-state index in [1.165, 1.54) is 18.2 Å². The van der Waals surface area contributed by atoms with Gasteiger partial charge in [-0.2, -0.15) is 0 Å². The molecular weight excluding hydrogens is 355 g/mol. The summed E-state index contributed by atoms with van der Waals surface area (Å²) in [6.07, 6.45) is 0. The van der Waals surface area contributed by atoms with Gasteiger partial charge in [0.05, 0.1) is 5.30 Å². The molecule has 140 valence electrons. The molecule has 0 aromatic heterocycles. The largest absolute Gasteiger partial charge is 0.421 e. The smallest absolute Gasteiger partial charge is 0.410 e. The molecule has 0 N–H and O–H groups in total. The first-order valence-corrected chi connectivity index (χ1v) is 10.5. The Bertz CT molecular complexity index is 930. The van der Waals surface area contributed by atoms with Crippen molar-refractivity contribution in [3.05, 3.63) is 95.6 Å². The first-order chi connectivity index (χ1) is 12.8. The van der Waals surface area contributed by atoms with Crippen molar-refractivity contribution in [1.29, 1.82) is 0 Å². The molecule has 0 aliphatic carbocycles. The van der Waals surface area contributed by atoms with E-state index < -0.39 is 7.60 Å². The topological polar surface area (TPSA) is 35.5 Å². The van der Waals surface area contributed by atoms with Crippen molar-refractivity contribution in [1.82, 2.24) is 0 Å². The van der Waals surface area contributed by atoms with Crippen LogP contribution in [0, 0.1) is 6.92 Å². The first kappa shape index (κ1) is 19.4. The minimum absolute atomic E-state index is 0.142. The summed E-state index contributed by atoms with van der Waals surface area (Å²) in [6.45, 7) is 6.47. The minimum atomic E-state index is -3.39. The van der Waals surface area contributed by atoms with Gasteiger partial charge >= 0.3 is 7.60 Å². The van der Waals surface area contributed by atoms with Crippen molar-refractivity contribution in [2.75, 3.05) is 7.11 Å². The summed E-state index contributed by atoms with van der Waals surface area (Å²) in [5.74, 6) is 0.521. The maximum Gasteiger partial charge on any atom is 0.410 e. The summed E-state index contributed by atoms with van der Waals surface area (Å²) < 4.78 is 24.0. The van der Waals surface area contributed by atoms with Crippen molar-refractivity contribution in [3.8, 4) is 5.75 Å². The molecule has 0 bridgehead atoms. The molecule has 3 rings (SSSR count). The zero-order valence-electron chi connectivity index (χ0n) is 16.2. The van der Waals surface area contributed by atoms with E-state index >= 15 is 0 Å². The summed E-state index contributed by atoms with van der Waals surface area (Å²) in [7, 11) is -1.99. The second-order valence-corrected chi connectivity index (χ2v) is 9.18. The maximum absolute atomic E-state index is 13.0. The van der Waals surface area contributed by atoms with Crippen molar-refractivity contribution in [3.63, 3.8) is 0 Å². The second-order valence-electron chi connectivity index (χ2n) is 7.12. The van der Waals surface area contributed by atoms with E-state index in [9.17, 15) is 4.57 Å². The zero-order chi connectivity index (χ0) is 19.5. The molecule has 1 unspecified atom stereocenters. The van der Waals surface area contributed by atoms with Gasteiger partial charge in [-0.15, -0.1) is 0 Å². The number of hydrogen-bond donors (Lipinski definition) is 0. The molecule has 0 aliphatic heterocycles. The fourth-order valence-corrected chi connectivity index (χ4v) is 4.34. The van der Waals surface area contributed by atoms with Crippen LogP contribution >= 0.6 is 7.60 Å². The van der Waals surface area contributed by atoms with Crippen LogP contribution < -0.4 is 9.83 Å². The van der Waals surface area contributed by atoms with Crippen molar-refractivity contribution in [2.24, 2.45) is 0 Å². The second kappa shape index (κ2) is 7.72. The quantitative estimate of drug-likeness (QED) is 0.502. The Kier molecular flexibility index (Phi) is 5.55. The van der Waals surface area contributed by atoms with Gasteiger partial charge in [0.15, 0.2) is 0 Å². The van der Waals surface area contributed by atoms with E-state index in [1.54, 1.807) is 12.1 Å². The lowest BCUT2D eigenvalue weighted by Crippen LogP contribution is -2.18. The Balaban J connectivity index is 1.85. The van der Waals surface area contributed by atoms with E-state index in [1.807, 2.05) is 42.5 Å². The summed E-state index contributed by atoms with van der Waals surface area (Å²) >= 11 is 0. The highest BCUT2D eigenvalue weighted by Gasteiger charge is 2.28. The van der Waals surface area contributed by atoms with Gasteiger partial charge in [-0.3, -0.25) is 4.52 Å². The van der Waals surface area contributed by atoms with Crippen molar-refractivity contribution in [2.45, 2.75) is 26.2 Å². The van der Waals surface area contributed by atoms with Gasteiger partial charge in [0.25, 0.3) is 0 Å². The van der Waals surface area contributed by atoms with E-state index in [4.69, 9.17) is 9.05 Å². The van der Waals surface area contributed by atoms with E-state index in [-0.39, 0.29) is 5.41 Å². The number of hydrogen-bond acceptors (Lipinski definition) is 3. The van der Waals surface area contributed by atoms with Crippen molar-refractivity contribution >= 4 is 12.9 Å². The Morgan fingerprint density at radius 1 is 0.778 bits per heavy atom. The van der Waals surface area contributed by atoms with Crippen LogP contribution in [0.15, 0.2) is 78.9 Å². The fraction of sp³-hybridized carbons (Fsp3) is 0.217. The van der Waals surface area contributed by atoms with Crippen molar-refractivity contribution < 1.29 is 13.6 Å². The molecular formula is C23H25O3P. The molecule has 0 heterocycles. The van der Waals surface area contributed by atoms with Crippen LogP contribution in [0.2, 0.25) is 0 Å². The van der Waals surface area contributed by atoms with Crippen LogP contribution in [-0.2, 0) is 14.5 Å². The van der Waals surface area contributed by atoms with Crippen LogP contribution in [0.4, 0.5) is 0 Å². The van der Waals surface area contributed by atoms with Gasteiger partial charge in [-0.25, -0.2) is 4.57 Å². The highest BCUT2D eigenvalue weighted by molar-refractivity contribution is 7.62. The first-order valence-electron chi connectivity index (χ1n) is 8.94. The Morgan fingerprint density at radius 2 is 1.30 bits per heavy atom. The molecule has 0 spiro atoms. The molecule has 0 fully saturated rings. The Morgan fingerprint density at radius 3 is 1.81 bits per heavy atom. The maximum atomic E-state index is 13.0. The van der Waals surface area contributed by atoms with Crippen LogP contribution in [0.25, 0.3) is 0 Å². The third-order valence-corrected chi connectivity index (χ3v) is 6.75. The van der Waals surface area contributed by atoms with E-state index in [2.05, 4.69) is 45.0 Å². The van der Waals surface area contributed by atoms with Crippen LogP contribution in [0.1, 0.15) is 30.5 Å². The van der Waals surface area contributed by atoms with Crippen LogP contribution in [0.3, 0.4) is 0 Å². The minimum Gasteiger partial charge on any atom is -0.421 e. The zero-order valence-corrected chi connectivity index (χ0v) is 17.1. The lowest BCUT2D eigenvalue weighted by molar-refractivity contribution is 0.334. The number of rotatable bonds is 6. The molecule has 0 saturated carbocycles. The molecule has 3 aromatic rings. The Hall–Kier alpha value is -2.35. The molecule has 3 nitrogen and oxygen atoms in total. The van der Waals surface area contributed by atoms with Crippen LogP contribution in [-0.4, -0.2) is 7.11 Å². The molecule has 0 aliphatic rings. The highest BCUT2D eigenvalue weighted by atomic mass is 31.2. The summed E-state index contributed by atoms with van der Waals surface area (Å²) in [5.41, 5.74) is 3.50. The molecule has 0 saturated heterocycles. The van der Waals surface area contributed by atoms with Gasteiger partial charge in [-0.1, -0.05) is 74.0 Å². The molecule has 3 aromatic carbocycles. The monoisotopic (exact) mass is 380 g/mol. The van der Waals surface area contributed by atoms with E-state index in [0.29, 0.717) is 11.1 Å². The summed E-state index contributed by atoms with van der Waals surface area (Å²) in [6, 6.07) is 25.3. The SMILES string of the molecule is COP(=O)(Oc1ccc(C(C)(C)c2ccc(C)cc2)cc1)c1ccccc1. The number of aryl methyl sites for hydroxylation is 1. The molecule has 0 amide bonds. The molecule has 27 heavy (non-hydrogen) atoms. The standard InChI is InChI=1S/C23H25O3P/c1-18-10-12-19(13-11-18)23(2,3)20-14-16-21(17-15-20)26-27(24,25-4)22-8-6-5-7-9-22/h5-17H,1-4H3. The van der Waals surface area contributed by atoms with Gasteiger partial charge < -0.3 is 4.52 Å². The molecule has 4 heteroatoms. The predicted molar refractivity (Wildman–Crippen MR) is 111 cm³/mol. The third-order valence-electron chi connectivity index (χ3n) is 4.89. The van der Waals surface area contributed by atoms with Crippen LogP contribution in [0.5, 0.6) is 5.75 Å². The average molecular weight is 380 g/mol. The van der Waals surface area contributed by atoms with Gasteiger partial charge in [0.1, 0.15) is 5.75 Å². The average Bonchev–Trinajstić information content (AvgIpc) is 2.69. The number of benzene rings is 3. The predicted octanol–water partition coefficient (Wildman–Crippen LogP) is 5.86. The fourth-order valence-electron chi connectivity index (χ4n) is 3.01. The van der Waals surface area contributed by atoms with Gasteiger partial charge in [0.2, 0.25) is 0 Å². The normalized spacial score (nSPS) is 13.8. The Labute approximate surface area is 161 Å². The summed E-state index contributed by atoms with van der Waals surface area (Å²) in [4.78, 5) is 0. The molecule has 0 radical (unpaired) electrons.